The maximum absolute atomic E-state index is 12.3. The number of carbonyl (C=O) groups excluding carboxylic acids is 1. The van der Waals surface area contributed by atoms with E-state index < -0.39 is 17.8 Å². The van der Waals surface area contributed by atoms with Crippen LogP contribution in [0.4, 0.5) is 4.79 Å². The zero-order valence-electron chi connectivity index (χ0n) is 13.0. The molecule has 4 nitrogen and oxygen atoms in total. The second kappa shape index (κ2) is 6.75. The topological polar surface area (TPSA) is 49.8 Å². The molecule has 1 rings (SSSR count). The number of benzene rings is 1. The Hall–Kier alpha value is -1.55. The average molecular weight is 279 g/mol. The van der Waals surface area contributed by atoms with Gasteiger partial charge in [-0.3, -0.25) is 4.90 Å². The van der Waals surface area contributed by atoms with Crippen LogP contribution in [0.5, 0.6) is 0 Å². The van der Waals surface area contributed by atoms with Crippen LogP contribution >= 0.6 is 0 Å². The second-order valence-electron chi connectivity index (χ2n) is 6.08. The van der Waals surface area contributed by atoms with Gasteiger partial charge in [0.05, 0.1) is 12.1 Å². The third kappa shape index (κ3) is 5.21. The van der Waals surface area contributed by atoms with Crippen LogP contribution < -0.4 is 0 Å². The van der Waals surface area contributed by atoms with Gasteiger partial charge in [-0.1, -0.05) is 30.3 Å². The van der Waals surface area contributed by atoms with E-state index in [2.05, 4.69) is 0 Å². The monoisotopic (exact) mass is 279 g/mol. The Labute approximate surface area is 121 Å². The number of rotatable bonds is 4. The molecule has 0 aliphatic rings. The van der Waals surface area contributed by atoms with Gasteiger partial charge in [0, 0.05) is 6.54 Å². The summed E-state index contributed by atoms with van der Waals surface area (Å²) in [5, 5.41) is 9.77. The van der Waals surface area contributed by atoms with E-state index in [0.717, 1.165) is 5.56 Å². The molecule has 0 saturated heterocycles. The zero-order chi connectivity index (χ0) is 15.3. The molecule has 0 fully saturated rings. The Morgan fingerprint density at radius 2 is 1.80 bits per heavy atom. The molecule has 0 saturated carbocycles. The van der Waals surface area contributed by atoms with Crippen molar-refractivity contribution >= 4 is 6.09 Å². The Kier molecular flexibility index (Phi) is 5.57. The number of hydrogen-bond donors (Lipinski definition) is 1. The second-order valence-corrected chi connectivity index (χ2v) is 6.08. The van der Waals surface area contributed by atoms with Crippen molar-refractivity contribution in [3.63, 3.8) is 0 Å². The Morgan fingerprint density at radius 3 is 2.25 bits per heavy atom. The SMILES string of the molecule is CC(O)C(C)N(Cc1ccccc1)C(=O)OC(C)(C)C. The summed E-state index contributed by atoms with van der Waals surface area (Å²) in [5.74, 6) is 0. The van der Waals surface area contributed by atoms with Gasteiger partial charge in [0.25, 0.3) is 0 Å². The van der Waals surface area contributed by atoms with Gasteiger partial charge in [0.2, 0.25) is 0 Å². The summed E-state index contributed by atoms with van der Waals surface area (Å²) in [7, 11) is 0. The summed E-state index contributed by atoms with van der Waals surface area (Å²) < 4.78 is 5.42. The van der Waals surface area contributed by atoms with Crippen LogP contribution in [0.1, 0.15) is 40.2 Å². The Morgan fingerprint density at radius 1 is 1.25 bits per heavy atom. The zero-order valence-corrected chi connectivity index (χ0v) is 13.0. The average Bonchev–Trinajstić information content (AvgIpc) is 2.34. The molecule has 2 atom stereocenters. The first-order chi connectivity index (χ1) is 9.20. The van der Waals surface area contributed by atoms with E-state index in [0.29, 0.717) is 6.54 Å². The van der Waals surface area contributed by atoms with Gasteiger partial charge in [-0.25, -0.2) is 4.79 Å². The smallest absolute Gasteiger partial charge is 0.410 e. The van der Waals surface area contributed by atoms with Gasteiger partial charge in [0.1, 0.15) is 5.60 Å². The highest BCUT2D eigenvalue weighted by atomic mass is 16.6. The molecule has 0 aliphatic carbocycles. The fourth-order valence-corrected chi connectivity index (χ4v) is 1.74. The van der Waals surface area contributed by atoms with Crippen LogP contribution in [0.3, 0.4) is 0 Å². The molecule has 112 valence electrons. The molecule has 1 N–H and O–H groups in total. The third-order valence-corrected chi connectivity index (χ3v) is 3.01. The summed E-state index contributed by atoms with van der Waals surface area (Å²) in [6.07, 6.45) is -1.03. The number of aliphatic hydroxyl groups is 1. The lowest BCUT2D eigenvalue weighted by atomic mass is 10.1. The van der Waals surface area contributed by atoms with E-state index in [9.17, 15) is 9.90 Å². The van der Waals surface area contributed by atoms with E-state index in [-0.39, 0.29) is 6.04 Å². The van der Waals surface area contributed by atoms with Gasteiger partial charge < -0.3 is 9.84 Å². The van der Waals surface area contributed by atoms with E-state index in [4.69, 9.17) is 4.74 Å². The lowest BCUT2D eigenvalue weighted by Gasteiger charge is -2.33. The molecule has 0 spiro atoms. The predicted molar refractivity (Wildman–Crippen MR) is 79.4 cm³/mol. The summed E-state index contributed by atoms with van der Waals surface area (Å²) in [6.45, 7) is 9.41. The summed E-state index contributed by atoms with van der Waals surface area (Å²) in [4.78, 5) is 13.9. The molecule has 1 aromatic carbocycles. The summed E-state index contributed by atoms with van der Waals surface area (Å²) >= 11 is 0. The van der Waals surface area contributed by atoms with Crippen molar-refractivity contribution < 1.29 is 14.6 Å². The van der Waals surface area contributed by atoms with Gasteiger partial charge in [0.15, 0.2) is 0 Å². The van der Waals surface area contributed by atoms with Crippen LogP contribution in [-0.4, -0.2) is 33.8 Å². The van der Waals surface area contributed by atoms with Crippen molar-refractivity contribution in [2.75, 3.05) is 0 Å². The minimum Gasteiger partial charge on any atom is -0.444 e. The van der Waals surface area contributed by atoms with Gasteiger partial charge >= 0.3 is 6.09 Å². The van der Waals surface area contributed by atoms with Crippen LogP contribution in [0.15, 0.2) is 30.3 Å². The highest BCUT2D eigenvalue weighted by Gasteiger charge is 2.28. The Bertz CT molecular complexity index is 423. The van der Waals surface area contributed by atoms with Crippen LogP contribution in [0, 0.1) is 0 Å². The summed E-state index contributed by atoms with van der Waals surface area (Å²) in [6, 6.07) is 9.37. The number of carbonyl (C=O) groups is 1. The molecule has 2 unspecified atom stereocenters. The van der Waals surface area contributed by atoms with Crippen LogP contribution in [-0.2, 0) is 11.3 Å². The maximum Gasteiger partial charge on any atom is 0.410 e. The number of amides is 1. The van der Waals surface area contributed by atoms with Crippen molar-refractivity contribution in [3.05, 3.63) is 35.9 Å². The van der Waals surface area contributed by atoms with E-state index in [1.54, 1.807) is 11.8 Å². The first-order valence-electron chi connectivity index (χ1n) is 6.92. The molecule has 0 aromatic heterocycles. The fraction of sp³-hybridized carbons (Fsp3) is 0.562. The van der Waals surface area contributed by atoms with E-state index in [1.807, 2.05) is 58.0 Å². The molecule has 4 heteroatoms. The highest BCUT2D eigenvalue weighted by molar-refractivity contribution is 5.68. The number of nitrogens with zero attached hydrogens (tertiary/aromatic N) is 1. The maximum atomic E-state index is 12.3. The van der Waals surface area contributed by atoms with E-state index in [1.165, 1.54) is 0 Å². The normalized spacial score (nSPS) is 14.5. The predicted octanol–water partition coefficient (Wildman–Crippen LogP) is 3.19. The quantitative estimate of drug-likeness (QED) is 0.920. The summed E-state index contributed by atoms with van der Waals surface area (Å²) in [5.41, 5.74) is 0.454. The van der Waals surface area contributed by atoms with Crippen LogP contribution in [0.2, 0.25) is 0 Å². The third-order valence-electron chi connectivity index (χ3n) is 3.01. The standard InChI is InChI=1S/C16H25NO3/c1-12(13(2)18)17(15(19)20-16(3,4)5)11-14-9-7-6-8-10-14/h6-10,12-13,18H,11H2,1-5H3. The lowest BCUT2D eigenvalue weighted by molar-refractivity contribution is -0.00184. The largest absolute Gasteiger partial charge is 0.444 e. The molecule has 0 bridgehead atoms. The van der Waals surface area contributed by atoms with Crippen molar-refractivity contribution in [1.29, 1.82) is 0 Å². The number of hydrogen-bond acceptors (Lipinski definition) is 3. The number of aliphatic hydroxyl groups excluding tert-OH is 1. The Balaban J connectivity index is 2.88. The van der Waals surface area contributed by atoms with Gasteiger partial charge in [-0.15, -0.1) is 0 Å². The first kappa shape index (κ1) is 16.5. The molecule has 1 amide bonds. The van der Waals surface area contributed by atoms with Gasteiger partial charge in [-0.2, -0.15) is 0 Å². The molecule has 1 aromatic rings. The molecular weight excluding hydrogens is 254 g/mol. The van der Waals surface area contributed by atoms with Crippen LogP contribution in [0.25, 0.3) is 0 Å². The molecule has 0 heterocycles. The van der Waals surface area contributed by atoms with Crippen molar-refractivity contribution in [1.82, 2.24) is 4.90 Å². The minimum atomic E-state index is -0.619. The van der Waals surface area contributed by atoms with Crippen molar-refractivity contribution in [2.45, 2.75) is 58.9 Å². The van der Waals surface area contributed by atoms with E-state index >= 15 is 0 Å². The highest BCUT2D eigenvalue weighted by Crippen LogP contribution is 2.16. The van der Waals surface area contributed by atoms with Gasteiger partial charge in [-0.05, 0) is 40.2 Å². The first-order valence-corrected chi connectivity index (χ1v) is 6.92. The minimum absolute atomic E-state index is 0.315. The fourth-order valence-electron chi connectivity index (χ4n) is 1.74. The molecule has 20 heavy (non-hydrogen) atoms. The number of ether oxygens (including phenoxy) is 1. The molecule has 0 aliphatic heterocycles. The van der Waals surface area contributed by atoms with Crippen molar-refractivity contribution in [3.8, 4) is 0 Å². The molecular formula is C16H25NO3. The lowest BCUT2D eigenvalue weighted by Crippen LogP contribution is -2.46. The molecule has 0 radical (unpaired) electrons. The van der Waals surface area contributed by atoms with Crippen molar-refractivity contribution in [2.24, 2.45) is 0 Å².